The monoisotopic (exact) mass is 488 g/mol. The molecule has 0 unspecified atom stereocenters. The lowest BCUT2D eigenvalue weighted by Crippen LogP contribution is -2.11. The van der Waals surface area contributed by atoms with Gasteiger partial charge in [0.15, 0.2) is 0 Å². The molecule has 182 valence electrons. The van der Waals surface area contributed by atoms with Crippen LogP contribution in [-0.4, -0.2) is 0 Å². The molecule has 0 amide bonds. The Morgan fingerprint density at radius 3 is 1.89 bits per heavy atom. The van der Waals surface area contributed by atoms with E-state index in [1.54, 1.807) is 0 Å². The van der Waals surface area contributed by atoms with Crippen molar-refractivity contribution in [2.75, 3.05) is 4.90 Å². The molecule has 0 aromatic heterocycles. The number of rotatable bonds is 5. The molecule has 1 aliphatic carbocycles. The minimum Gasteiger partial charge on any atom is -0.326 e. The molecule has 0 radical (unpaired) electrons. The highest BCUT2D eigenvalue weighted by molar-refractivity contribution is 6.18. The van der Waals surface area contributed by atoms with Crippen molar-refractivity contribution in [3.8, 4) is 33.4 Å². The van der Waals surface area contributed by atoms with Crippen LogP contribution in [0.4, 0.5) is 17.1 Å². The fourth-order valence-electron chi connectivity index (χ4n) is 5.89. The lowest BCUT2D eigenvalue weighted by atomic mass is 9.94. The van der Waals surface area contributed by atoms with Crippen LogP contribution in [0.2, 0.25) is 0 Å². The number of hydrogen-bond acceptors (Lipinski definition) is 2. The van der Waals surface area contributed by atoms with Gasteiger partial charge in [-0.2, -0.15) is 0 Å². The normalized spacial score (nSPS) is 11.5. The van der Waals surface area contributed by atoms with Gasteiger partial charge in [0, 0.05) is 23.6 Å². The third kappa shape index (κ3) is 3.61. The SMILES string of the molecule is Cc1cccc(N(c2ccc(-c3ccc4c5c(cccc35)-c3ccccc3-4)cc2)c2cccc(CN)c2)c1. The number of nitrogens with two attached hydrogens (primary N) is 1. The molecular formula is C36H28N2. The van der Waals surface area contributed by atoms with Gasteiger partial charge in [0.25, 0.3) is 0 Å². The van der Waals surface area contributed by atoms with Gasteiger partial charge in [-0.1, -0.05) is 91.0 Å². The van der Waals surface area contributed by atoms with E-state index in [4.69, 9.17) is 5.73 Å². The average Bonchev–Trinajstić information content (AvgIpc) is 3.29. The molecule has 2 nitrogen and oxygen atoms in total. The molecule has 0 saturated heterocycles. The van der Waals surface area contributed by atoms with E-state index in [1.807, 2.05) is 0 Å². The molecule has 6 aromatic rings. The third-order valence-electron chi connectivity index (χ3n) is 7.65. The maximum Gasteiger partial charge on any atom is 0.0464 e. The second-order valence-electron chi connectivity index (χ2n) is 10.0. The van der Waals surface area contributed by atoms with Crippen molar-refractivity contribution in [1.82, 2.24) is 0 Å². The fourth-order valence-corrected chi connectivity index (χ4v) is 5.89. The highest BCUT2D eigenvalue weighted by Gasteiger charge is 2.22. The summed E-state index contributed by atoms with van der Waals surface area (Å²) in [5, 5.41) is 2.66. The quantitative estimate of drug-likeness (QED) is 0.261. The topological polar surface area (TPSA) is 29.3 Å². The average molecular weight is 489 g/mol. The Morgan fingerprint density at radius 1 is 0.526 bits per heavy atom. The summed E-state index contributed by atoms with van der Waals surface area (Å²) in [6.07, 6.45) is 0. The molecule has 0 bridgehead atoms. The molecule has 7 rings (SSSR count). The van der Waals surface area contributed by atoms with Crippen LogP contribution in [0, 0.1) is 6.92 Å². The van der Waals surface area contributed by atoms with Crippen molar-refractivity contribution >= 4 is 27.8 Å². The second-order valence-corrected chi connectivity index (χ2v) is 10.0. The Labute approximate surface area is 223 Å². The van der Waals surface area contributed by atoms with Crippen LogP contribution in [-0.2, 0) is 6.54 Å². The van der Waals surface area contributed by atoms with Gasteiger partial charge in [0.2, 0.25) is 0 Å². The fraction of sp³-hybridized carbons (Fsp3) is 0.0556. The Kier molecular flexibility index (Phi) is 5.35. The number of anilines is 3. The molecule has 0 saturated carbocycles. The predicted molar refractivity (Wildman–Crippen MR) is 161 cm³/mol. The van der Waals surface area contributed by atoms with E-state index in [-0.39, 0.29) is 0 Å². The Balaban J connectivity index is 1.34. The third-order valence-corrected chi connectivity index (χ3v) is 7.65. The van der Waals surface area contributed by atoms with E-state index in [0.29, 0.717) is 6.54 Å². The number of aryl methyl sites for hydroxylation is 1. The van der Waals surface area contributed by atoms with Crippen molar-refractivity contribution in [2.24, 2.45) is 5.73 Å². The second kappa shape index (κ2) is 9.02. The summed E-state index contributed by atoms with van der Waals surface area (Å²) in [6.45, 7) is 2.65. The van der Waals surface area contributed by atoms with Crippen molar-refractivity contribution in [3.05, 3.63) is 139 Å². The Morgan fingerprint density at radius 2 is 1.16 bits per heavy atom. The van der Waals surface area contributed by atoms with Gasteiger partial charge in [-0.25, -0.2) is 0 Å². The van der Waals surface area contributed by atoms with Gasteiger partial charge in [0.1, 0.15) is 0 Å². The van der Waals surface area contributed by atoms with Gasteiger partial charge in [-0.05, 0) is 98.6 Å². The van der Waals surface area contributed by atoms with Gasteiger partial charge in [-0.15, -0.1) is 0 Å². The molecule has 0 heterocycles. The largest absolute Gasteiger partial charge is 0.326 e. The first kappa shape index (κ1) is 22.5. The van der Waals surface area contributed by atoms with Gasteiger partial charge in [0.05, 0.1) is 0 Å². The number of hydrogen-bond donors (Lipinski definition) is 1. The molecule has 6 aromatic carbocycles. The molecule has 2 heteroatoms. The maximum atomic E-state index is 5.99. The summed E-state index contributed by atoms with van der Waals surface area (Å²) < 4.78 is 0. The van der Waals surface area contributed by atoms with E-state index in [9.17, 15) is 0 Å². The molecule has 2 N–H and O–H groups in total. The molecule has 38 heavy (non-hydrogen) atoms. The predicted octanol–water partition coefficient (Wildman–Crippen LogP) is 9.39. The standard InChI is InChI=1S/C36H28N2/c1-24-7-4-9-28(21-24)38(29-10-5-8-25(22-29)23-37)27-17-15-26(16-18-27)30-19-20-35-32-12-3-2-11-31(32)34-14-6-13-33(30)36(34)35/h2-22H,23,37H2,1H3. The molecule has 1 aliphatic rings. The summed E-state index contributed by atoms with van der Waals surface area (Å²) in [6, 6.07) is 46.1. The van der Waals surface area contributed by atoms with Crippen molar-refractivity contribution in [2.45, 2.75) is 13.5 Å². The Bertz CT molecular complexity index is 1790. The van der Waals surface area contributed by atoms with Crippen LogP contribution in [0.15, 0.2) is 127 Å². The zero-order chi connectivity index (χ0) is 25.6. The van der Waals surface area contributed by atoms with Crippen molar-refractivity contribution in [1.29, 1.82) is 0 Å². The van der Waals surface area contributed by atoms with Crippen LogP contribution in [0.1, 0.15) is 11.1 Å². The zero-order valence-corrected chi connectivity index (χ0v) is 21.4. The highest BCUT2D eigenvalue weighted by atomic mass is 15.1. The first-order valence-electron chi connectivity index (χ1n) is 13.1. The van der Waals surface area contributed by atoms with Gasteiger partial charge < -0.3 is 10.6 Å². The van der Waals surface area contributed by atoms with Crippen molar-refractivity contribution in [3.63, 3.8) is 0 Å². The smallest absolute Gasteiger partial charge is 0.0464 e. The van der Waals surface area contributed by atoms with Gasteiger partial charge in [-0.3, -0.25) is 0 Å². The van der Waals surface area contributed by atoms with Crippen LogP contribution >= 0.6 is 0 Å². The van der Waals surface area contributed by atoms with Crippen LogP contribution in [0.3, 0.4) is 0 Å². The minimum absolute atomic E-state index is 0.517. The van der Waals surface area contributed by atoms with Crippen LogP contribution in [0.5, 0.6) is 0 Å². The number of benzene rings is 6. The van der Waals surface area contributed by atoms with Crippen LogP contribution in [0.25, 0.3) is 44.2 Å². The van der Waals surface area contributed by atoms with Crippen molar-refractivity contribution < 1.29 is 0 Å². The minimum atomic E-state index is 0.517. The summed E-state index contributed by atoms with van der Waals surface area (Å²) in [5.74, 6) is 0. The van der Waals surface area contributed by atoms with E-state index in [1.165, 1.54) is 49.7 Å². The number of fused-ring (bicyclic) bond motifs is 3. The molecule has 0 spiro atoms. The van der Waals surface area contributed by atoms with E-state index in [0.717, 1.165) is 22.6 Å². The summed E-state index contributed by atoms with van der Waals surface area (Å²) in [7, 11) is 0. The summed E-state index contributed by atoms with van der Waals surface area (Å²) in [5.41, 5.74) is 19.5. The lowest BCUT2D eigenvalue weighted by molar-refractivity contribution is 1.07. The molecule has 0 atom stereocenters. The van der Waals surface area contributed by atoms with E-state index < -0.39 is 0 Å². The van der Waals surface area contributed by atoms with E-state index in [2.05, 4.69) is 139 Å². The summed E-state index contributed by atoms with van der Waals surface area (Å²) in [4.78, 5) is 2.31. The highest BCUT2D eigenvalue weighted by Crippen LogP contribution is 2.49. The first-order chi connectivity index (χ1) is 18.7. The zero-order valence-electron chi connectivity index (χ0n) is 21.4. The maximum absolute atomic E-state index is 5.99. The summed E-state index contributed by atoms with van der Waals surface area (Å²) >= 11 is 0. The lowest BCUT2D eigenvalue weighted by Gasteiger charge is -2.26. The molecule has 0 fully saturated rings. The van der Waals surface area contributed by atoms with Crippen LogP contribution < -0.4 is 10.6 Å². The van der Waals surface area contributed by atoms with Gasteiger partial charge >= 0.3 is 0 Å². The Hall–Kier alpha value is -4.66. The van der Waals surface area contributed by atoms with E-state index >= 15 is 0 Å². The number of nitrogens with zero attached hydrogens (tertiary/aromatic N) is 1. The molecule has 0 aliphatic heterocycles. The first-order valence-corrected chi connectivity index (χ1v) is 13.1. The molecular weight excluding hydrogens is 460 g/mol.